The number of rotatable bonds is 4. The molecule has 1 aromatic heterocycles. The largest absolute Gasteiger partial charge is 0.271 e. The van der Waals surface area contributed by atoms with E-state index in [4.69, 9.17) is 5.84 Å². The van der Waals surface area contributed by atoms with Crippen molar-refractivity contribution in [2.75, 3.05) is 0 Å². The van der Waals surface area contributed by atoms with E-state index in [1.807, 2.05) is 30.3 Å². The second kappa shape index (κ2) is 5.82. The van der Waals surface area contributed by atoms with Crippen molar-refractivity contribution in [3.05, 3.63) is 77.9 Å². The third kappa shape index (κ3) is 2.67. The van der Waals surface area contributed by atoms with Crippen LogP contribution in [-0.2, 0) is 0 Å². The fraction of sp³-hybridized carbons (Fsp3) is 0.0667. The van der Waals surface area contributed by atoms with E-state index in [2.05, 4.69) is 15.7 Å². The van der Waals surface area contributed by atoms with Crippen molar-refractivity contribution < 1.29 is 4.39 Å². The van der Waals surface area contributed by atoms with Crippen LogP contribution in [0.4, 0.5) is 4.39 Å². The normalized spacial score (nSPS) is 12.3. The number of aromatic nitrogens is 3. The van der Waals surface area contributed by atoms with Crippen molar-refractivity contribution in [3.8, 4) is 5.69 Å². The lowest BCUT2D eigenvalue weighted by molar-refractivity contribution is 0.582. The smallest absolute Gasteiger partial charge is 0.123 e. The molecule has 0 fully saturated rings. The first-order valence-electron chi connectivity index (χ1n) is 6.47. The molecular weight excluding hydrogens is 269 g/mol. The molecule has 0 saturated carbocycles. The van der Waals surface area contributed by atoms with Gasteiger partial charge in [0.25, 0.3) is 0 Å². The Bertz CT molecular complexity index is 726. The number of nitrogens with zero attached hydrogens (tertiary/aromatic N) is 3. The van der Waals surface area contributed by atoms with Crippen molar-refractivity contribution in [2.45, 2.75) is 6.04 Å². The molecule has 3 rings (SSSR count). The van der Waals surface area contributed by atoms with Gasteiger partial charge >= 0.3 is 0 Å². The number of halogens is 1. The summed E-state index contributed by atoms with van der Waals surface area (Å²) >= 11 is 0. The van der Waals surface area contributed by atoms with Crippen LogP contribution in [0.1, 0.15) is 17.3 Å². The van der Waals surface area contributed by atoms with Crippen LogP contribution in [0.5, 0.6) is 0 Å². The second-order valence-corrected chi connectivity index (χ2v) is 4.56. The van der Waals surface area contributed by atoms with Gasteiger partial charge in [0.1, 0.15) is 5.82 Å². The molecule has 0 aliphatic rings. The molecule has 2 aromatic carbocycles. The van der Waals surface area contributed by atoms with Gasteiger partial charge in [-0.15, -0.1) is 5.10 Å². The SMILES string of the molecule is NNC(c1cccc(F)c1)c1cnnn1-c1ccccc1. The van der Waals surface area contributed by atoms with Crippen LogP contribution in [-0.4, -0.2) is 15.0 Å². The zero-order chi connectivity index (χ0) is 14.7. The summed E-state index contributed by atoms with van der Waals surface area (Å²) in [5.41, 5.74) is 4.99. The van der Waals surface area contributed by atoms with Crippen LogP contribution in [0, 0.1) is 5.82 Å². The highest BCUT2D eigenvalue weighted by Crippen LogP contribution is 2.23. The van der Waals surface area contributed by atoms with E-state index < -0.39 is 6.04 Å². The van der Waals surface area contributed by atoms with Crippen LogP contribution >= 0.6 is 0 Å². The van der Waals surface area contributed by atoms with Crippen LogP contribution < -0.4 is 11.3 Å². The van der Waals surface area contributed by atoms with Gasteiger partial charge in [-0.1, -0.05) is 35.5 Å². The molecule has 0 radical (unpaired) electrons. The highest BCUT2D eigenvalue weighted by atomic mass is 19.1. The minimum Gasteiger partial charge on any atom is -0.271 e. The summed E-state index contributed by atoms with van der Waals surface area (Å²) in [7, 11) is 0. The Hall–Kier alpha value is -2.57. The molecule has 21 heavy (non-hydrogen) atoms. The first kappa shape index (κ1) is 13.4. The first-order chi connectivity index (χ1) is 10.3. The number of nitrogens with one attached hydrogen (secondary N) is 1. The van der Waals surface area contributed by atoms with Gasteiger partial charge in [0.15, 0.2) is 0 Å². The fourth-order valence-electron chi connectivity index (χ4n) is 2.25. The minimum absolute atomic E-state index is 0.313. The average molecular weight is 283 g/mol. The lowest BCUT2D eigenvalue weighted by Gasteiger charge is -2.17. The van der Waals surface area contributed by atoms with E-state index in [-0.39, 0.29) is 5.82 Å². The van der Waals surface area contributed by atoms with E-state index in [9.17, 15) is 4.39 Å². The van der Waals surface area contributed by atoms with E-state index >= 15 is 0 Å². The van der Waals surface area contributed by atoms with Crippen LogP contribution in [0.15, 0.2) is 60.8 Å². The fourth-order valence-corrected chi connectivity index (χ4v) is 2.25. The van der Waals surface area contributed by atoms with Gasteiger partial charge in [-0.25, -0.2) is 14.5 Å². The number of hydrazine groups is 1. The van der Waals surface area contributed by atoms with Crippen molar-refractivity contribution in [1.82, 2.24) is 20.4 Å². The lowest BCUT2D eigenvalue weighted by Crippen LogP contribution is -2.30. The maximum absolute atomic E-state index is 13.4. The van der Waals surface area contributed by atoms with Crippen LogP contribution in [0.2, 0.25) is 0 Å². The minimum atomic E-state index is -0.407. The second-order valence-electron chi connectivity index (χ2n) is 4.56. The van der Waals surface area contributed by atoms with E-state index in [0.717, 1.165) is 11.4 Å². The summed E-state index contributed by atoms with van der Waals surface area (Å²) in [6.07, 6.45) is 1.61. The lowest BCUT2D eigenvalue weighted by atomic mass is 10.0. The molecule has 0 saturated heterocycles. The molecule has 0 amide bonds. The van der Waals surface area contributed by atoms with Crippen molar-refractivity contribution in [1.29, 1.82) is 0 Å². The van der Waals surface area contributed by atoms with Crippen LogP contribution in [0.3, 0.4) is 0 Å². The third-order valence-corrected chi connectivity index (χ3v) is 3.22. The molecule has 3 aromatic rings. The van der Waals surface area contributed by atoms with Crippen LogP contribution in [0.25, 0.3) is 5.69 Å². The molecule has 1 unspecified atom stereocenters. The molecular formula is C15H14FN5. The topological polar surface area (TPSA) is 68.8 Å². The van der Waals surface area contributed by atoms with Crippen molar-refractivity contribution in [2.24, 2.45) is 5.84 Å². The third-order valence-electron chi connectivity index (χ3n) is 3.22. The molecule has 1 atom stereocenters. The number of hydrogen-bond donors (Lipinski definition) is 2. The Kier molecular flexibility index (Phi) is 3.72. The molecule has 5 nitrogen and oxygen atoms in total. The Labute approximate surface area is 121 Å². The van der Waals surface area contributed by atoms with Gasteiger partial charge in [-0.2, -0.15) is 0 Å². The monoisotopic (exact) mass is 283 g/mol. The number of nitrogens with two attached hydrogens (primary N) is 1. The molecule has 106 valence electrons. The zero-order valence-corrected chi connectivity index (χ0v) is 11.1. The molecule has 0 aliphatic carbocycles. The summed E-state index contributed by atoms with van der Waals surface area (Å²) in [5.74, 6) is 5.34. The first-order valence-corrected chi connectivity index (χ1v) is 6.47. The summed E-state index contributed by atoms with van der Waals surface area (Å²) in [6, 6.07) is 15.4. The predicted octanol–water partition coefficient (Wildman–Crippen LogP) is 1.96. The quantitative estimate of drug-likeness (QED) is 0.567. The van der Waals surface area contributed by atoms with Crippen molar-refractivity contribution >= 4 is 0 Å². The van der Waals surface area contributed by atoms with Crippen molar-refractivity contribution in [3.63, 3.8) is 0 Å². The number of para-hydroxylation sites is 1. The van der Waals surface area contributed by atoms with Gasteiger partial charge in [0.05, 0.1) is 23.6 Å². The Balaban J connectivity index is 2.05. The summed E-state index contributed by atoms with van der Waals surface area (Å²) in [5, 5.41) is 8.02. The van der Waals surface area contributed by atoms with Gasteiger partial charge in [-0.3, -0.25) is 5.84 Å². The molecule has 0 aliphatic heterocycles. The van der Waals surface area contributed by atoms with Gasteiger partial charge in [0.2, 0.25) is 0 Å². The molecule has 1 heterocycles. The molecule has 0 spiro atoms. The summed E-state index contributed by atoms with van der Waals surface area (Å²) in [6.45, 7) is 0. The Morgan fingerprint density at radius 3 is 2.62 bits per heavy atom. The number of hydrogen-bond acceptors (Lipinski definition) is 4. The van der Waals surface area contributed by atoms with E-state index in [0.29, 0.717) is 5.56 Å². The zero-order valence-electron chi connectivity index (χ0n) is 11.1. The van der Waals surface area contributed by atoms with Gasteiger partial charge in [0, 0.05) is 0 Å². The molecule has 3 N–H and O–H groups in total. The van der Waals surface area contributed by atoms with E-state index in [1.54, 1.807) is 23.0 Å². The highest BCUT2D eigenvalue weighted by molar-refractivity contribution is 5.35. The average Bonchev–Trinajstić information content (AvgIpc) is 2.98. The van der Waals surface area contributed by atoms with Gasteiger partial charge in [-0.05, 0) is 29.8 Å². The maximum atomic E-state index is 13.4. The Morgan fingerprint density at radius 1 is 1.10 bits per heavy atom. The molecule has 6 heteroatoms. The van der Waals surface area contributed by atoms with E-state index in [1.165, 1.54) is 12.1 Å². The number of benzene rings is 2. The highest BCUT2D eigenvalue weighted by Gasteiger charge is 2.19. The predicted molar refractivity (Wildman–Crippen MR) is 76.9 cm³/mol. The maximum Gasteiger partial charge on any atom is 0.123 e. The van der Waals surface area contributed by atoms with Gasteiger partial charge < -0.3 is 0 Å². The Morgan fingerprint density at radius 2 is 1.90 bits per heavy atom. The molecule has 0 bridgehead atoms. The summed E-state index contributed by atoms with van der Waals surface area (Å²) in [4.78, 5) is 0. The standard InChI is InChI=1S/C15H14FN5/c16-12-6-4-5-11(9-12)15(19-17)14-10-18-20-21(14)13-7-2-1-3-8-13/h1-10,15,19H,17H2. The summed E-state index contributed by atoms with van der Waals surface area (Å²) < 4.78 is 15.1.